The fourth-order valence-electron chi connectivity index (χ4n) is 4.87. The highest BCUT2D eigenvalue weighted by Gasteiger charge is 2.46. The van der Waals surface area contributed by atoms with Gasteiger partial charge in [0.2, 0.25) is 5.91 Å². The fourth-order valence-corrected chi connectivity index (χ4v) is 4.87. The van der Waals surface area contributed by atoms with E-state index in [0.717, 1.165) is 49.3 Å². The third-order valence-corrected chi connectivity index (χ3v) is 6.53. The Balaban J connectivity index is 1.48. The Hall–Kier alpha value is -2.80. The van der Waals surface area contributed by atoms with E-state index in [1.165, 1.54) is 18.2 Å². The molecule has 2 aliphatic rings. The lowest BCUT2D eigenvalue weighted by molar-refractivity contribution is -0.384. The van der Waals surface area contributed by atoms with E-state index < -0.39 is 4.92 Å². The number of non-ortho nitro benzene ring substituents is 1. The van der Waals surface area contributed by atoms with Gasteiger partial charge in [-0.1, -0.05) is 26.0 Å². The van der Waals surface area contributed by atoms with E-state index in [0.29, 0.717) is 13.0 Å². The summed E-state index contributed by atoms with van der Waals surface area (Å²) >= 11 is 0. The zero-order valence-corrected chi connectivity index (χ0v) is 18.0. The van der Waals surface area contributed by atoms with Gasteiger partial charge in [-0.2, -0.15) is 0 Å². The number of nitro groups is 1. The molecule has 2 heterocycles. The van der Waals surface area contributed by atoms with E-state index in [4.69, 9.17) is 0 Å². The molecular weight excluding hydrogens is 397 g/mol. The van der Waals surface area contributed by atoms with E-state index in [1.807, 2.05) is 18.7 Å². The van der Waals surface area contributed by atoms with Crippen LogP contribution in [0.15, 0.2) is 42.5 Å². The van der Waals surface area contributed by atoms with Crippen LogP contribution in [0.4, 0.5) is 15.8 Å². The van der Waals surface area contributed by atoms with E-state index in [-0.39, 0.29) is 28.7 Å². The molecule has 0 saturated carbocycles. The zero-order valence-electron chi connectivity index (χ0n) is 18.0. The van der Waals surface area contributed by atoms with Gasteiger partial charge in [0.1, 0.15) is 5.82 Å². The normalized spacial score (nSPS) is 17.9. The predicted octanol–water partition coefficient (Wildman–Crippen LogP) is 4.66. The summed E-state index contributed by atoms with van der Waals surface area (Å²) in [7, 11) is 0. The van der Waals surface area contributed by atoms with Crippen LogP contribution in [0.25, 0.3) is 0 Å². The second-order valence-electron chi connectivity index (χ2n) is 9.22. The number of rotatable bonds is 5. The summed E-state index contributed by atoms with van der Waals surface area (Å²) in [5.41, 5.74) is 2.73. The standard InChI is InChI=1S/C24H28FN3O3/c1-17(2)13-23(29)27-16-24(21-14-19(25)5-8-22(21)27)9-11-26(12-10-24)15-18-3-6-20(7-4-18)28(30)31/h3-8,14,17H,9-13,15-16H2,1-2H3. The topological polar surface area (TPSA) is 66.7 Å². The van der Waals surface area contributed by atoms with Gasteiger partial charge in [-0.05, 0) is 61.2 Å². The molecule has 1 amide bonds. The second kappa shape index (κ2) is 8.38. The number of hydrogen-bond acceptors (Lipinski definition) is 4. The van der Waals surface area contributed by atoms with Crippen molar-refractivity contribution in [2.45, 2.75) is 45.1 Å². The molecule has 6 nitrogen and oxygen atoms in total. The maximum absolute atomic E-state index is 14.1. The minimum Gasteiger partial charge on any atom is -0.311 e. The molecule has 0 bridgehead atoms. The number of benzene rings is 2. The number of fused-ring (bicyclic) bond motifs is 2. The highest BCUT2D eigenvalue weighted by Crippen LogP contribution is 2.47. The van der Waals surface area contributed by atoms with Gasteiger partial charge in [0.05, 0.1) is 4.92 Å². The Bertz CT molecular complexity index is 982. The Morgan fingerprint density at radius 1 is 1.16 bits per heavy atom. The molecule has 1 fully saturated rings. The third-order valence-electron chi connectivity index (χ3n) is 6.53. The van der Waals surface area contributed by atoms with Crippen molar-refractivity contribution in [3.8, 4) is 0 Å². The molecule has 0 atom stereocenters. The number of nitrogens with zero attached hydrogens (tertiary/aromatic N) is 3. The van der Waals surface area contributed by atoms with E-state index in [1.54, 1.807) is 24.3 Å². The molecule has 0 unspecified atom stereocenters. The molecule has 2 aliphatic heterocycles. The summed E-state index contributed by atoms with van der Waals surface area (Å²) in [6, 6.07) is 11.5. The van der Waals surface area contributed by atoms with Crippen LogP contribution in [-0.4, -0.2) is 35.4 Å². The molecule has 0 aromatic heterocycles. The minimum absolute atomic E-state index is 0.0945. The lowest BCUT2D eigenvalue weighted by Crippen LogP contribution is -2.45. The van der Waals surface area contributed by atoms with E-state index >= 15 is 0 Å². The first-order chi connectivity index (χ1) is 14.8. The average molecular weight is 426 g/mol. The molecule has 4 rings (SSSR count). The molecule has 7 heteroatoms. The van der Waals surface area contributed by atoms with Crippen LogP contribution in [-0.2, 0) is 16.8 Å². The quantitative estimate of drug-likeness (QED) is 0.516. The second-order valence-corrected chi connectivity index (χ2v) is 9.22. The Morgan fingerprint density at radius 3 is 2.45 bits per heavy atom. The van der Waals surface area contributed by atoms with Crippen molar-refractivity contribution in [1.29, 1.82) is 0 Å². The van der Waals surface area contributed by atoms with Gasteiger partial charge >= 0.3 is 0 Å². The number of nitro benzene ring substituents is 1. The molecule has 1 saturated heterocycles. The highest BCUT2D eigenvalue weighted by atomic mass is 19.1. The van der Waals surface area contributed by atoms with Crippen LogP contribution in [0, 0.1) is 21.8 Å². The van der Waals surface area contributed by atoms with Crippen molar-refractivity contribution < 1.29 is 14.1 Å². The molecule has 0 radical (unpaired) electrons. The Labute approximate surface area is 181 Å². The fraction of sp³-hybridized carbons (Fsp3) is 0.458. The molecule has 1 spiro atoms. The van der Waals surface area contributed by atoms with Gasteiger partial charge in [0, 0.05) is 42.7 Å². The van der Waals surface area contributed by atoms with Crippen molar-refractivity contribution in [1.82, 2.24) is 4.90 Å². The summed E-state index contributed by atoms with van der Waals surface area (Å²) in [4.78, 5) is 27.5. The molecule has 0 aliphatic carbocycles. The monoisotopic (exact) mass is 425 g/mol. The first-order valence-electron chi connectivity index (χ1n) is 10.8. The van der Waals surface area contributed by atoms with Crippen LogP contribution in [0.3, 0.4) is 0 Å². The van der Waals surface area contributed by atoms with E-state index in [9.17, 15) is 19.3 Å². The highest BCUT2D eigenvalue weighted by molar-refractivity contribution is 5.96. The van der Waals surface area contributed by atoms with Crippen LogP contribution < -0.4 is 4.90 Å². The number of piperidine rings is 1. The number of likely N-dealkylation sites (tertiary alicyclic amines) is 1. The lowest BCUT2D eigenvalue weighted by Gasteiger charge is -2.40. The van der Waals surface area contributed by atoms with Crippen molar-refractivity contribution in [3.05, 3.63) is 69.5 Å². The van der Waals surface area contributed by atoms with Gasteiger partial charge in [-0.3, -0.25) is 19.8 Å². The van der Waals surface area contributed by atoms with E-state index in [2.05, 4.69) is 4.90 Å². The molecular formula is C24H28FN3O3. The minimum atomic E-state index is -0.391. The van der Waals surface area contributed by atoms with Crippen molar-refractivity contribution in [3.63, 3.8) is 0 Å². The van der Waals surface area contributed by atoms with Crippen LogP contribution >= 0.6 is 0 Å². The molecule has 31 heavy (non-hydrogen) atoms. The van der Waals surface area contributed by atoms with Crippen LogP contribution in [0.2, 0.25) is 0 Å². The number of carbonyl (C=O) groups is 1. The summed E-state index contributed by atoms with van der Waals surface area (Å²) in [5, 5.41) is 10.8. The van der Waals surface area contributed by atoms with Gasteiger partial charge in [0.25, 0.3) is 5.69 Å². The smallest absolute Gasteiger partial charge is 0.269 e. The molecule has 2 aromatic carbocycles. The summed E-state index contributed by atoms with van der Waals surface area (Å²) in [6.45, 7) is 7.07. The Kier molecular flexibility index (Phi) is 5.79. The van der Waals surface area contributed by atoms with Crippen molar-refractivity contribution >= 4 is 17.3 Å². The summed E-state index contributed by atoms with van der Waals surface area (Å²) < 4.78 is 14.1. The van der Waals surface area contributed by atoms with Gasteiger partial charge < -0.3 is 4.90 Å². The zero-order chi connectivity index (χ0) is 22.2. The van der Waals surface area contributed by atoms with Crippen molar-refractivity contribution in [2.24, 2.45) is 5.92 Å². The maximum Gasteiger partial charge on any atom is 0.269 e. The van der Waals surface area contributed by atoms with Crippen LogP contribution in [0.1, 0.15) is 44.2 Å². The largest absolute Gasteiger partial charge is 0.311 e. The lowest BCUT2D eigenvalue weighted by atomic mass is 9.74. The number of hydrogen-bond donors (Lipinski definition) is 0. The average Bonchev–Trinajstić information content (AvgIpc) is 3.03. The SMILES string of the molecule is CC(C)CC(=O)N1CC2(CCN(Cc3ccc([N+](=O)[O-])cc3)CC2)c2cc(F)ccc21. The van der Waals surface area contributed by atoms with Gasteiger partial charge in [0.15, 0.2) is 0 Å². The number of amides is 1. The number of anilines is 1. The molecule has 164 valence electrons. The first-order valence-corrected chi connectivity index (χ1v) is 10.8. The third kappa shape index (κ3) is 4.32. The molecule has 0 N–H and O–H groups in total. The number of carbonyl (C=O) groups excluding carboxylic acids is 1. The Morgan fingerprint density at radius 2 is 1.84 bits per heavy atom. The first kappa shape index (κ1) is 21.4. The van der Waals surface area contributed by atoms with Gasteiger partial charge in [-0.15, -0.1) is 0 Å². The number of halogens is 1. The maximum atomic E-state index is 14.1. The predicted molar refractivity (Wildman–Crippen MR) is 117 cm³/mol. The van der Waals surface area contributed by atoms with Gasteiger partial charge in [-0.25, -0.2) is 4.39 Å². The van der Waals surface area contributed by atoms with Crippen LogP contribution in [0.5, 0.6) is 0 Å². The molecule has 2 aromatic rings. The van der Waals surface area contributed by atoms with Crippen molar-refractivity contribution in [2.75, 3.05) is 24.5 Å². The summed E-state index contributed by atoms with van der Waals surface area (Å²) in [6.07, 6.45) is 2.18. The summed E-state index contributed by atoms with van der Waals surface area (Å²) in [5.74, 6) is 0.120.